The zero-order valence-corrected chi connectivity index (χ0v) is 11.7. The van der Waals surface area contributed by atoms with Crippen LogP contribution in [0.2, 0.25) is 5.02 Å². The van der Waals surface area contributed by atoms with Crippen LogP contribution < -0.4 is 0 Å². The molecule has 0 amide bonds. The molecule has 5 heteroatoms. The number of fused-ring (bicyclic) bond motifs is 1. The van der Waals surface area contributed by atoms with Crippen molar-refractivity contribution in [2.75, 3.05) is 0 Å². The predicted molar refractivity (Wildman–Crippen MR) is 73.6 cm³/mol. The fraction of sp³-hybridized carbons (Fsp3) is 0.286. The van der Waals surface area contributed by atoms with E-state index >= 15 is 0 Å². The molecule has 0 fully saturated rings. The summed E-state index contributed by atoms with van der Waals surface area (Å²) in [5.41, 5.74) is 1.11. The van der Waals surface area contributed by atoms with E-state index in [-0.39, 0.29) is 10.8 Å². The number of thiazole rings is 1. The lowest BCUT2D eigenvalue weighted by Gasteiger charge is -2.06. The first-order valence-electron chi connectivity index (χ1n) is 6.10. The summed E-state index contributed by atoms with van der Waals surface area (Å²) < 4.78 is 13.8. The summed E-state index contributed by atoms with van der Waals surface area (Å²) in [5, 5.41) is 0.899. The summed E-state index contributed by atoms with van der Waals surface area (Å²) in [6.45, 7) is 0. The first-order valence-corrected chi connectivity index (χ1v) is 7.29. The standard InChI is InChI=1S/C14H11ClFNOS/c15-9-4-1-3-8(13(9)16)7-12-17-14-10(18)5-2-6-11(14)19-12/h1,3-4H,2,5-7H2. The fourth-order valence-corrected chi connectivity index (χ4v) is 3.58. The smallest absolute Gasteiger partial charge is 0.182 e. The van der Waals surface area contributed by atoms with Crippen LogP contribution >= 0.6 is 22.9 Å². The van der Waals surface area contributed by atoms with E-state index in [9.17, 15) is 9.18 Å². The van der Waals surface area contributed by atoms with E-state index in [1.54, 1.807) is 12.1 Å². The Hall–Kier alpha value is -1.26. The van der Waals surface area contributed by atoms with Gasteiger partial charge in [-0.05, 0) is 24.5 Å². The maximum absolute atomic E-state index is 13.8. The Morgan fingerprint density at radius 3 is 3.00 bits per heavy atom. The predicted octanol–water partition coefficient (Wildman–Crippen LogP) is 4.05. The largest absolute Gasteiger partial charge is 0.292 e. The molecule has 2 aromatic rings. The second-order valence-electron chi connectivity index (χ2n) is 4.55. The van der Waals surface area contributed by atoms with Gasteiger partial charge in [-0.1, -0.05) is 23.7 Å². The molecule has 2 nitrogen and oxygen atoms in total. The number of hydrogen-bond acceptors (Lipinski definition) is 3. The van der Waals surface area contributed by atoms with Crippen molar-refractivity contribution in [3.63, 3.8) is 0 Å². The minimum absolute atomic E-state index is 0.107. The van der Waals surface area contributed by atoms with Crippen molar-refractivity contribution >= 4 is 28.7 Å². The first kappa shape index (κ1) is 12.8. The summed E-state index contributed by atoms with van der Waals surface area (Å²) in [6.07, 6.45) is 2.74. The summed E-state index contributed by atoms with van der Waals surface area (Å²) in [4.78, 5) is 17.1. The Bertz CT molecular complexity index is 653. The second-order valence-corrected chi connectivity index (χ2v) is 6.12. The van der Waals surface area contributed by atoms with Crippen LogP contribution in [-0.2, 0) is 12.8 Å². The summed E-state index contributed by atoms with van der Waals surface area (Å²) >= 11 is 7.26. The van der Waals surface area contributed by atoms with Crippen LogP contribution in [0.15, 0.2) is 18.2 Å². The number of benzene rings is 1. The highest BCUT2D eigenvalue weighted by atomic mass is 35.5. The van der Waals surface area contributed by atoms with E-state index in [1.807, 2.05) is 0 Å². The van der Waals surface area contributed by atoms with Crippen molar-refractivity contribution in [1.82, 2.24) is 4.98 Å². The number of ketones is 1. The molecule has 0 spiro atoms. The Balaban J connectivity index is 1.92. The maximum atomic E-state index is 13.8. The molecule has 3 rings (SSSR count). The highest BCUT2D eigenvalue weighted by molar-refractivity contribution is 7.12. The highest BCUT2D eigenvalue weighted by Crippen LogP contribution is 2.29. The number of aryl methyl sites for hydroxylation is 1. The lowest BCUT2D eigenvalue weighted by atomic mass is 10.0. The van der Waals surface area contributed by atoms with Gasteiger partial charge in [0.1, 0.15) is 11.5 Å². The minimum Gasteiger partial charge on any atom is -0.292 e. The average molecular weight is 296 g/mol. The Morgan fingerprint density at radius 1 is 1.37 bits per heavy atom. The van der Waals surface area contributed by atoms with Crippen molar-refractivity contribution in [2.24, 2.45) is 0 Å². The van der Waals surface area contributed by atoms with Crippen LogP contribution in [0.1, 0.15) is 38.8 Å². The van der Waals surface area contributed by atoms with Gasteiger partial charge >= 0.3 is 0 Å². The number of rotatable bonds is 2. The van der Waals surface area contributed by atoms with E-state index in [4.69, 9.17) is 11.6 Å². The van der Waals surface area contributed by atoms with Crippen LogP contribution in [0, 0.1) is 5.82 Å². The molecule has 0 atom stereocenters. The van der Waals surface area contributed by atoms with Crippen LogP contribution in [-0.4, -0.2) is 10.8 Å². The van der Waals surface area contributed by atoms with Gasteiger partial charge in [-0.25, -0.2) is 9.37 Å². The van der Waals surface area contributed by atoms with Gasteiger partial charge in [0.15, 0.2) is 5.78 Å². The first-order chi connectivity index (χ1) is 9.15. The third kappa shape index (κ3) is 2.42. The number of hydrogen-bond donors (Lipinski definition) is 0. The third-order valence-electron chi connectivity index (χ3n) is 3.19. The topological polar surface area (TPSA) is 30.0 Å². The van der Waals surface area contributed by atoms with Crippen LogP contribution in [0.5, 0.6) is 0 Å². The second kappa shape index (κ2) is 5.02. The zero-order chi connectivity index (χ0) is 13.4. The molecule has 0 unspecified atom stereocenters. The van der Waals surface area contributed by atoms with Gasteiger partial charge in [-0.3, -0.25) is 4.79 Å². The number of nitrogens with zero attached hydrogens (tertiary/aromatic N) is 1. The van der Waals surface area contributed by atoms with E-state index in [0.29, 0.717) is 24.1 Å². The molecule has 0 saturated carbocycles. The molecule has 1 aromatic carbocycles. The van der Waals surface area contributed by atoms with Gasteiger partial charge in [0.2, 0.25) is 0 Å². The molecular weight excluding hydrogens is 285 g/mol. The third-order valence-corrected chi connectivity index (χ3v) is 4.59. The Labute approximate surface area is 119 Å². The summed E-state index contributed by atoms with van der Waals surface area (Å²) in [6, 6.07) is 4.94. The number of aromatic nitrogens is 1. The molecule has 0 aliphatic heterocycles. The molecule has 1 aliphatic carbocycles. The number of carbonyl (C=O) groups is 1. The maximum Gasteiger partial charge on any atom is 0.182 e. The van der Waals surface area contributed by atoms with E-state index in [0.717, 1.165) is 22.7 Å². The molecule has 98 valence electrons. The Morgan fingerprint density at radius 2 is 2.21 bits per heavy atom. The van der Waals surface area contributed by atoms with Crippen molar-refractivity contribution < 1.29 is 9.18 Å². The molecule has 1 heterocycles. The quantitative estimate of drug-likeness (QED) is 0.837. The van der Waals surface area contributed by atoms with Crippen LogP contribution in [0.4, 0.5) is 4.39 Å². The van der Waals surface area contributed by atoms with Crippen molar-refractivity contribution in [3.8, 4) is 0 Å². The minimum atomic E-state index is -0.399. The fourth-order valence-electron chi connectivity index (χ4n) is 2.24. The van der Waals surface area contributed by atoms with Crippen LogP contribution in [0.3, 0.4) is 0 Å². The van der Waals surface area contributed by atoms with Crippen molar-refractivity contribution in [1.29, 1.82) is 0 Å². The Kier molecular flexibility index (Phi) is 3.37. The van der Waals surface area contributed by atoms with Gasteiger partial charge in [-0.15, -0.1) is 11.3 Å². The van der Waals surface area contributed by atoms with Crippen LogP contribution in [0.25, 0.3) is 0 Å². The number of halogens is 2. The van der Waals surface area contributed by atoms with Gasteiger partial charge in [0.25, 0.3) is 0 Å². The van der Waals surface area contributed by atoms with Gasteiger partial charge in [0, 0.05) is 17.7 Å². The van der Waals surface area contributed by atoms with Gasteiger partial charge in [0.05, 0.1) is 10.0 Å². The lowest BCUT2D eigenvalue weighted by Crippen LogP contribution is -2.09. The van der Waals surface area contributed by atoms with E-state index in [1.165, 1.54) is 17.4 Å². The molecule has 1 aliphatic rings. The SMILES string of the molecule is O=C1CCCc2sc(Cc3cccc(Cl)c3F)nc21. The molecule has 19 heavy (non-hydrogen) atoms. The highest BCUT2D eigenvalue weighted by Gasteiger charge is 2.22. The molecule has 0 N–H and O–H groups in total. The molecule has 0 bridgehead atoms. The summed E-state index contributed by atoms with van der Waals surface area (Å²) in [7, 11) is 0. The number of carbonyl (C=O) groups excluding carboxylic acids is 1. The van der Waals surface area contributed by atoms with E-state index in [2.05, 4.69) is 4.98 Å². The van der Waals surface area contributed by atoms with Crippen molar-refractivity contribution in [3.05, 3.63) is 50.2 Å². The summed E-state index contributed by atoms with van der Waals surface area (Å²) in [5.74, 6) is -0.293. The van der Waals surface area contributed by atoms with Gasteiger partial charge < -0.3 is 0 Å². The molecule has 1 aromatic heterocycles. The van der Waals surface area contributed by atoms with E-state index < -0.39 is 5.82 Å². The molecule has 0 radical (unpaired) electrons. The number of Topliss-reactive ketones (excluding diaryl/α,β-unsaturated/α-hetero) is 1. The zero-order valence-electron chi connectivity index (χ0n) is 10.1. The normalized spacial score (nSPS) is 14.5. The molecular formula is C14H11ClFNOS. The van der Waals surface area contributed by atoms with Gasteiger partial charge in [-0.2, -0.15) is 0 Å². The molecule has 0 saturated heterocycles. The lowest BCUT2D eigenvalue weighted by molar-refractivity contribution is 0.0968. The van der Waals surface area contributed by atoms with Crippen molar-refractivity contribution in [2.45, 2.75) is 25.7 Å². The average Bonchev–Trinajstić information content (AvgIpc) is 2.79. The monoisotopic (exact) mass is 295 g/mol.